The van der Waals surface area contributed by atoms with Gasteiger partial charge in [0.05, 0.1) is 6.04 Å². The molecule has 3 heteroatoms. The summed E-state index contributed by atoms with van der Waals surface area (Å²) in [5.74, 6) is 2.07. The summed E-state index contributed by atoms with van der Waals surface area (Å²) in [6.07, 6.45) is 0.946. The minimum atomic E-state index is 0.185. The van der Waals surface area contributed by atoms with Crippen LogP contribution >= 0.6 is 11.3 Å². The van der Waals surface area contributed by atoms with Crippen molar-refractivity contribution in [3.8, 4) is 0 Å². The molecule has 1 atom stereocenters. The van der Waals surface area contributed by atoms with E-state index in [1.807, 2.05) is 0 Å². The number of hydrogen-bond donors (Lipinski definition) is 1. The van der Waals surface area contributed by atoms with Crippen LogP contribution in [0.1, 0.15) is 41.9 Å². The average Bonchev–Trinajstić information content (AvgIpc) is 2.94. The SMILES string of the molecule is CCNC(c1csc(C)c1)c1ccc(CC)o1. The second kappa shape index (κ2) is 5.52. The summed E-state index contributed by atoms with van der Waals surface area (Å²) in [6, 6.07) is 6.56. The molecule has 0 bridgehead atoms. The minimum Gasteiger partial charge on any atom is -0.464 e. The highest BCUT2D eigenvalue weighted by Gasteiger charge is 2.17. The number of nitrogens with one attached hydrogen (secondary N) is 1. The first kappa shape index (κ1) is 12.4. The highest BCUT2D eigenvalue weighted by Crippen LogP contribution is 2.27. The van der Waals surface area contributed by atoms with Gasteiger partial charge < -0.3 is 9.73 Å². The van der Waals surface area contributed by atoms with Crippen LogP contribution in [-0.4, -0.2) is 6.54 Å². The van der Waals surface area contributed by atoms with Gasteiger partial charge in [-0.25, -0.2) is 0 Å². The summed E-state index contributed by atoms with van der Waals surface area (Å²) in [6.45, 7) is 7.30. The van der Waals surface area contributed by atoms with Crippen molar-refractivity contribution in [3.05, 3.63) is 45.5 Å². The van der Waals surface area contributed by atoms with Crippen molar-refractivity contribution in [2.45, 2.75) is 33.2 Å². The lowest BCUT2D eigenvalue weighted by Gasteiger charge is -2.14. The molecule has 2 aromatic rings. The zero-order chi connectivity index (χ0) is 12.3. The van der Waals surface area contributed by atoms with Gasteiger partial charge in [-0.15, -0.1) is 11.3 Å². The van der Waals surface area contributed by atoms with Crippen molar-refractivity contribution < 1.29 is 4.42 Å². The summed E-state index contributed by atoms with van der Waals surface area (Å²) in [5, 5.41) is 5.68. The largest absolute Gasteiger partial charge is 0.464 e. The van der Waals surface area contributed by atoms with Crippen LogP contribution in [0.15, 0.2) is 28.0 Å². The molecule has 0 aliphatic rings. The maximum atomic E-state index is 5.85. The van der Waals surface area contributed by atoms with E-state index in [9.17, 15) is 0 Å². The van der Waals surface area contributed by atoms with E-state index in [-0.39, 0.29) is 6.04 Å². The van der Waals surface area contributed by atoms with Crippen LogP contribution in [0, 0.1) is 6.92 Å². The van der Waals surface area contributed by atoms with E-state index >= 15 is 0 Å². The molecule has 92 valence electrons. The number of thiophene rings is 1. The fourth-order valence-corrected chi connectivity index (χ4v) is 2.67. The molecule has 2 heterocycles. The van der Waals surface area contributed by atoms with Crippen LogP contribution in [-0.2, 0) is 6.42 Å². The van der Waals surface area contributed by atoms with Gasteiger partial charge in [0.25, 0.3) is 0 Å². The molecule has 1 N–H and O–H groups in total. The summed E-state index contributed by atoms with van der Waals surface area (Å²) >= 11 is 1.78. The Morgan fingerprint density at radius 1 is 1.35 bits per heavy atom. The highest BCUT2D eigenvalue weighted by molar-refractivity contribution is 7.10. The van der Waals surface area contributed by atoms with E-state index in [0.29, 0.717) is 0 Å². The lowest BCUT2D eigenvalue weighted by molar-refractivity contribution is 0.426. The summed E-state index contributed by atoms with van der Waals surface area (Å²) < 4.78 is 5.85. The van der Waals surface area contributed by atoms with E-state index in [0.717, 1.165) is 24.5 Å². The van der Waals surface area contributed by atoms with E-state index in [1.54, 1.807) is 11.3 Å². The van der Waals surface area contributed by atoms with E-state index in [4.69, 9.17) is 4.42 Å². The van der Waals surface area contributed by atoms with Crippen molar-refractivity contribution in [2.75, 3.05) is 6.54 Å². The smallest absolute Gasteiger partial charge is 0.125 e. The maximum Gasteiger partial charge on any atom is 0.125 e. The van der Waals surface area contributed by atoms with Gasteiger partial charge in [0.15, 0.2) is 0 Å². The third-order valence-electron chi connectivity index (χ3n) is 2.81. The Bertz CT molecular complexity index is 472. The van der Waals surface area contributed by atoms with Crippen LogP contribution in [0.25, 0.3) is 0 Å². The van der Waals surface area contributed by atoms with Gasteiger partial charge in [-0.3, -0.25) is 0 Å². The van der Waals surface area contributed by atoms with Crippen molar-refractivity contribution in [1.29, 1.82) is 0 Å². The third kappa shape index (κ3) is 2.79. The van der Waals surface area contributed by atoms with Crippen molar-refractivity contribution in [2.24, 2.45) is 0 Å². The molecule has 0 spiro atoms. The Hall–Kier alpha value is -1.06. The van der Waals surface area contributed by atoms with E-state index in [2.05, 4.69) is 49.7 Å². The van der Waals surface area contributed by atoms with Crippen LogP contribution in [0.3, 0.4) is 0 Å². The molecule has 1 unspecified atom stereocenters. The van der Waals surface area contributed by atoms with Gasteiger partial charge in [0, 0.05) is 11.3 Å². The zero-order valence-corrected chi connectivity index (χ0v) is 11.4. The second-order valence-corrected chi connectivity index (χ2v) is 5.25. The van der Waals surface area contributed by atoms with Gasteiger partial charge in [-0.05, 0) is 42.6 Å². The van der Waals surface area contributed by atoms with Crippen LogP contribution in [0.2, 0.25) is 0 Å². The van der Waals surface area contributed by atoms with Crippen molar-refractivity contribution in [1.82, 2.24) is 5.32 Å². The maximum absolute atomic E-state index is 5.85. The van der Waals surface area contributed by atoms with Crippen LogP contribution in [0.4, 0.5) is 0 Å². The molecule has 2 rings (SSSR count). The number of hydrogen-bond acceptors (Lipinski definition) is 3. The normalized spacial score (nSPS) is 12.9. The molecule has 0 fully saturated rings. The Morgan fingerprint density at radius 3 is 2.71 bits per heavy atom. The molecule has 17 heavy (non-hydrogen) atoms. The van der Waals surface area contributed by atoms with Gasteiger partial charge in [-0.1, -0.05) is 13.8 Å². The predicted octanol–water partition coefficient (Wildman–Crippen LogP) is 3.91. The second-order valence-electron chi connectivity index (χ2n) is 4.14. The molecule has 0 radical (unpaired) electrons. The fourth-order valence-electron chi connectivity index (χ4n) is 1.94. The molecule has 0 amide bonds. The fraction of sp³-hybridized carbons (Fsp3) is 0.429. The molecule has 0 aromatic carbocycles. The molecule has 0 saturated heterocycles. The number of furan rings is 1. The monoisotopic (exact) mass is 249 g/mol. The average molecular weight is 249 g/mol. The summed E-state index contributed by atoms with van der Waals surface area (Å²) in [7, 11) is 0. The first-order valence-corrected chi connectivity index (χ1v) is 6.99. The summed E-state index contributed by atoms with van der Waals surface area (Å²) in [4.78, 5) is 1.34. The number of rotatable bonds is 5. The quantitative estimate of drug-likeness (QED) is 0.869. The van der Waals surface area contributed by atoms with Crippen molar-refractivity contribution >= 4 is 11.3 Å². The zero-order valence-electron chi connectivity index (χ0n) is 10.6. The van der Waals surface area contributed by atoms with Gasteiger partial charge in [-0.2, -0.15) is 0 Å². The minimum absolute atomic E-state index is 0.185. The summed E-state index contributed by atoms with van der Waals surface area (Å²) in [5.41, 5.74) is 1.30. The third-order valence-corrected chi connectivity index (χ3v) is 3.69. The van der Waals surface area contributed by atoms with Gasteiger partial charge in [0.2, 0.25) is 0 Å². The first-order valence-electron chi connectivity index (χ1n) is 6.11. The topological polar surface area (TPSA) is 25.2 Å². The Balaban J connectivity index is 2.28. The molecule has 0 aliphatic carbocycles. The van der Waals surface area contributed by atoms with Gasteiger partial charge >= 0.3 is 0 Å². The van der Waals surface area contributed by atoms with Crippen molar-refractivity contribution in [3.63, 3.8) is 0 Å². The molecular weight excluding hydrogens is 230 g/mol. The Labute approximate surface area is 107 Å². The van der Waals surface area contributed by atoms with Gasteiger partial charge in [0.1, 0.15) is 11.5 Å². The molecule has 0 aliphatic heterocycles. The highest BCUT2D eigenvalue weighted by atomic mass is 32.1. The lowest BCUT2D eigenvalue weighted by atomic mass is 10.1. The standard InChI is InChI=1S/C14H19NOS/c1-4-12-6-7-13(16-12)14(15-5-2)11-8-10(3)17-9-11/h6-9,14-15H,4-5H2,1-3H3. The number of aryl methyl sites for hydroxylation is 2. The Morgan fingerprint density at radius 2 is 2.18 bits per heavy atom. The van der Waals surface area contributed by atoms with E-state index < -0.39 is 0 Å². The van der Waals surface area contributed by atoms with Crippen LogP contribution < -0.4 is 5.32 Å². The van der Waals surface area contributed by atoms with Crippen LogP contribution in [0.5, 0.6) is 0 Å². The lowest BCUT2D eigenvalue weighted by Crippen LogP contribution is -2.20. The molecular formula is C14H19NOS. The molecule has 0 saturated carbocycles. The first-order chi connectivity index (χ1) is 8.24. The molecule has 2 nitrogen and oxygen atoms in total. The molecule has 2 aromatic heterocycles. The van der Waals surface area contributed by atoms with E-state index in [1.165, 1.54) is 10.4 Å². The predicted molar refractivity (Wildman–Crippen MR) is 72.7 cm³/mol. The Kier molecular flexibility index (Phi) is 4.02.